The molecule has 2 saturated heterocycles. The van der Waals surface area contributed by atoms with Gasteiger partial charge in [0.15, 0.2) is 12.6 Å². The molecule has 2 fully saturated rings. The number of nitrogens with one attached hydrogen (secondary N) is 1. The number of carbonyl (C=O) groups is 1. The number of aliphatic hydroxyl groups excluding tert-OH is 8. The van der Waals surface area contributed by atoms with E-state index in [0.717, 1.165) is 57.8 Å². The fraction of sp³-hybridized carbons (Fsp3) is 0.850. The lowest BCUT2D eigenvalue weighted by Gasteiger charge is -2.46. The van der Waals surface area contributed by atoms with E-state index >= 15 is 0 Å². The van der Waals surface area contributed by atoms with Gasteiger partial charge in [0, 0.05) is 6.42 Å². The van der Waals surface area contributed by atoms with Gasteiger partial charge in [-0.3, -0.25) is 4.79 Å². The molecular weight excluding hydrogens is 943 g/mol. The SMILES string of the molecule is CCCCCCC/C=C\C/C=C\C/C=C\CCCCCCCCCCC(=O)NC(COC1OC(CO)C(OC2OC(CO)C(O)C(O)C2O)C(O)C1O)C(O)/C=C/CCCCCCCCCCCCCCCCC. The van der Waals surface area contributed by atoms with Gasteiger partial charge >= 0.3 is 0 Å². The van der Waals surface area contributed by atoms with Crippen molar-refractivity contribution in [3.05, 3.63) is 48.6 Å². The molecule has 0 saturated carbocycles. The Morgan fingerprint density at radius 1 is 0.486 bits per heavy atom. The molecule has 2 aliphatic heterocycles. The second kappa shape index (κ2) is 45.9. The van der Waals surface area contributed by atoms with Gasteiger partial charge in [-0.05, 0) is 57.8 Å². The molecule has 2 aliphatic rings. The number of unbranched alkanes of at least 4 members (excludes halogenated alkanes) is 28. The maximum Gasteiger partial charge on any atom is 0.220 e. The normalized spacial score (nSPS) is 25.5. The highest BCUT2D eigenvalue weighted by molar-refractivity contribution is 5.76. The van der Waals surface area contributed by atoms with Crippen LogP contribution in [0, 0.1) is 0 Å². The van der Waals surface area contributed by atoms with Crippen LogP contribution < -0.4 is 5.32 Å². The molecule has 74 heavy (non-hydrogen) atoms. The number of amides is 1. The van der Waals surface area contributed by atoms with E-state index in [-0.39, 0.29) is 18.9 Å². The van der Waals surface area contributed by atoms with Gasteiger partial charge < -0.3 is 65.1 Å². The molecule has 1 amide bonds. The summed E-state index contributed by atoms with van der Waals surface area (Å²) in [6.07, 6.45) is 39.9. The van der Waals surface area contributed by atoms with Gasteiger partial charge in [0.1, 0.15) is 48.8 Å². The zero-order valence-electron chi connectivity index (χ0n) is 46.3. The summed E-state index contributed by atoms with van der Waals surface area (Å²) in [5, 5.41) is 87.1. The Kier molecular flexibility index (Phi) is 42.2. The summed E-state index contributed by atoms with van der Waals surface area (Å²) in [6.45, 7) is 2.79. The van der Waals surface area contributed by atoms with Crippen LogP contribution in [0.4, 0.5) is 0 Å². The second-order valence-electron chi connectivity index (χ2n) is 21.1. The molecule has 14 heteroatoms. The molecule has 0 aromatic rings. The average Bonchev–Trinajstić information content (AvgIpc) is 3.40. The van der Waals surface area contributed by atoms with Gasteiger partial charge in [-0.2, -0.15) is 0 Å². The summed E-state index contributed by atoms with van der Waals surface area (Å²) in [5.74, 6) is -0.247. The molecule has 12 atom stereocenters. The second-order valence-corrected chi connectivity index (χ2v) is 21.1. The number of ether oxygens (including phenoxy) is 4. The van der Waals surface area contributed by atoms with E-state index < -0.39 is 86.8 Å². The molecule has 0 aromatic carbocycles. The Labute approximate surface area is 448 Å². The number of allylic oxidation sites excluding steroid dienone is 7. The van der Waals surface area contributed by atoms with E-state index in [1.807, 2.05) is 6.08 Å². The Hall–Kier alpha value is -2.05. The highest BCUT2D eigenvalue weighted by Crippen LogP contribution is 2.30. The van der Waals surface area contributed by atoms with Crippen LogP contribution in [-0.4, -0.2) is 140 Å². The minimum Gasteiger partial charge on any atom is -0.394 e. The van der Waals surface area contributed by atoms with Crippen LogP contribution in [-0.2, 0) is 23.7 Å². The fourth-order valence-corrected chi connectivity index (χ4v) is 9.65. The number of aliphatic hydroxyl groups is 8. The third kappa shape index (κ3) is 31.4. The third-order valence-corrected chi connectivity index (χ3v) is 14.5. The Morgan fingerprint density at radius 2 is 0.892 bits per heavy atom. The van der Waals surface area contributed by atoms with Crippen LogP contribution in [0.15, 0.2) is 48.6 Å². The van der Waals surface area contributed by atoms with Crippen molar-refractivity contribution in [2.75, 3.05) is 19.8 Å². The molecule has 0 spiro atoms. The van der Waals surface area contributed by atoms with Gasteiger partial charge in [0.05, 0.1) is 32.0 Å². The topological polar surface area (TPSA) is 228 Å². The van der Waals surface area contributed by atoms with Crippen molar-refractivity contribution in [3.63, 3.8) is 0 Å². The largest absolute Gasteiger partial charge is 0.394 e. The first-order chi connectivity index (χ1) is 36.1. The number of carbonyl (C=O) groups excluding carboxylic acids is 1. The lowest BCUT2D eigenvalue weighted by Crippen LogP contribution is -2.65. The predicted molar refractivity (Wildman–Crippen MR) is 295 cm³/mol. The number of hydrogen-bond acceptors (Lipinski definition) is 13. The molecule has 9 N–H and O–H groups in total. The summed E-state index contributed by atoms with van der Waals surface area (Å²) in [7, 11) is 0. The van der Waals surface area contributed by atoms with Gasteiger partial charge in [0.2, 0.25) is 5.91 Å². The van der Waals surface area contributed by atoms with Crippen molar-refractivity contribution in [1.29, 1.82) is 0 Å². The maximum atomic E-state index is 13.3. The summed E-state index contributed by atoms with van der Waals surface area (Å²) in [6, 6.07) is -0.920. The van der Waals surface area contributed by atoms with Crippen molar-refractivity contribution in [1.82, 2.24) is 5.32 Å². The van der Waals surface area contributed by atoms with Gasteiger partial charge in [-0.25, -0.2) is 0 Å². The predicted octanol–water partition coefficient (Wildman–Crippen LogP) is 10.0. The summed E-state index contributed by atoms with van der Waals surface area (Å²) in [5.41, 5.74) is 0. The van der Waals surface area contributed by atoms with Crippen molar-refractivity contribution in [2.45, 2.75) is 306 Å². The zero-order valence-corrected chi connectivity index (χ0v) is 46.3. The van der Waals surface area contributed by atoms with Gasteiger partial charge in [-0.15, -0.1) is 0 Å². The fourth-order valence-electron chi connectivity index (χ4n) is 9.65. The van der Waals surface area contributed by atoms with Crippen molar-refractivity contribution < 1.29 is 64.6 Å². The molecule has 2 rings (SSSR count). The van der Waals surface area contributed by atoms with Gasteiger partial charge in [0.25, 0.3) is 0 Å². The molecule has 2 heterocycles. The van der Waals surface area contributed by atoms with Crippen molar-refractivity contribution >= 4 is 5.91 Å². The van der Waals surface area contributed by atoms with Crippen molar-refractivity contribution in [3.8, 4) is 0 Å². The quantitative estimate of drug-likeness (QED) is 0.0205. The Morgan fingerprint density at radius 3 is 1.36 bits per heavy atom. The minimum atomic E-state index is -1.79. The highest BCUT2D eigenvalue weighted by atomic mass is 16.7. The minimum absolute atomic E-state index is 0.247. The summed E-state index contributed by atoms with van der Waals surface area (Å²) >= 11 is 0. The van der Waals surface area contributed by atoms with E-state index in [0.29, 0.717) is 6.42 Å². The van der Waals surface area contributed by atoms with Gasteiger partial charge in [-0.1, -0.05) is 217 Å². The van der Waals surface area contributed by atoms with Crippen LogP contribution in [0.1, 0.15) is 232 Å². The number of hydrogen-bond donors (Lipinski definition) is 9. The van der Waals surface area contributed by atoms with E-state index in [1.54, 1.807) is 6.08 Å². The summed E-state index contributed by atoms with van der Waals surface area (Å²) in [4.78, 5) is 13.3. The summed E-state index contributed by atoms with van der Waals surface area (Å²) < 4.78 is 22.8. The molecular formula is C60H109NO13. The van der Waals surface area contributed by atoms with E-state index in [9.17, 15) is 45.6 Å². The van der Waals surface area contributed by atoms with Crippen molar-refractivity contribution in [2.24, 2.45) is 0 Å². The van der Waals surface area contributed by atoms with Crippen LogP contribution >= 0.6 is 0 Å². The lowest BCUT2D eigenvalue weighted by molar-refractivity contribution is -0.359. The zero-order chi connectivity index (χ0) is 53.9. The molecule has 14 nitrogen and oxygen atoms in total. The van der Waals surface area contributed by atoms with Crippen LogP contribution in [0.2, 0.25) is 0 Å². The standard InChI is InChI=1S/C60H109NO13/c1-3-5-7-9-11-13-15-17-19-21-22-23-24-25-26-28-30-32-34-36-38-40-42-44-52(65)61-48(49(64)43-41-39-37-35-33-31-29-27-20-18-16-14-12-10-8-6-4-2)47-71-59-57(70)55(68)58(51(46-63)73-59)74-60-56(69)54(67)53(66)50(45-62)72-60/h15,17,21-22,24-25,41,43,48-51,53-60,62-64,66-70H,3-14,16,18-20,23,26-40,42,44-47H2,1-2H3,(H,61,65)/b17-15-,22-21-,25-24-,43-41+. The Balaban J connectivity index is 1.77. The molecule has 432 valence electrons. The molecule has 0 aromatic heterocycles. The first kappa shape index (κ1) is 68.1. The molecule has 0 bridgehead atoms. The smallest absolute Gasteiger partial charge is 0.220 e. The maximum absolute atomic E-state index is 13.3. The Bertz CT molecular complexity index is 1430. The average molecular weight is 1050 g/mol. The van der Waals surface area contributed by atoms with E-state index in [1.165, 1.54) is 148 Å². The van der Waals surface area contributed by atoms with Crippen LogP contribution in [0.25, 0.3) is 0 Å². The van der Waals surface area contributed by atoms with E-state index in [2.05, 4.69) is 55.6 Å². The number of rotatable bonds is 47. The molecule has 0 aliphatic carbocycles. The highest BCUT2D eigenvalue weighted by Gasteiger charge is 2.51. The first-order valence-electron chi connectivity index (χ1n) is 29.9. The lowest BCUT2D eigenvalue weighted by atomic mass is 9.97. The monoisotopic (exact) mass is 1050 g/mol. The van der Waals surface area contributed by atoms with Crippen LogP contribution in [0.3, 0.4) is 0 Å². The molecule has 0 radical (unpaired) electrons. The van der Waals surface area contributed by atoms with Crippen LogP contribution in [0.5, 0.6) is 0 Å². The van der Waals surface area contributed by atoms with E-state index in [4.69, 9.17) is 18.9 Å². The first-order valence-corrected chi connectivity index (χ1v) is 29.9. The third-order valence-electron chi connectivity index (χ3n) is 14.5. The molecule has 12 unspecified atom stereocenters.